The standard InChI is InChI=1S/C9H12O2.C2H2/c1-3-4-8(2)5-9(6-10)7-11;1-2/h3-4,6-7,9H,2,5H2,1H3;1-2H/b4-3-;. The molecule has 0 radical (unpaired) electrons. The Morgan fingerprint density at radius 2 is 1.85 bits per heavy atom. The Morgan fingerprint density at radius 3 is 2.15 bits per heavy atom. The van der Waals surface area contributed by atoms with Crippen molar-refractivity contribution in [2.45, 2.75) is 13.3 Å². The lowest BCUT2D eigenvalue weighted by Crippen LogP contribution is -2.03. The Hall–Kier alpha value is -1.62. The summed E-state index contributed by atoms with van der Waals surface area (Å²) < 4.78 is 0. The lowest BCUT2D eigenvalue weighted by Gasteiger charge is -1.99. The third-order valence-corrected chi connectivity index (χ3v) is 1.25. The van der Waals surface area contributed by atoms with Gasteiger partial charge in [0.15, 0.2) is 0 Å². The molecule has 0 unspecified atom stereocenters. The molecular weight excluding hydrogens is 164 g/mol. The number of carbonyl (C=O) groups is 2. The van der Waals surface area contributed by atoms with Crippen molar-refractivity contribution in [2.75, 3.05) is 0 Å². The van der Waals surface area contributed by atoms with Crippen LogP contribution >= 0.6 is 0 Å². The van der Waals surface area contributed by atoms with Gasteiger partial charge in [-0.2, -0.15) is 0 Å². The van der Waals surface area contributed by atoms with Gasteiger partial charge < -0.3 is 9.59 Å². The molecule has 70 valence electrons. The summed E-state index contributed by atoms with van der Waals surface area (Å²) in [6, 6.07) is 0. The zero-order valence-corrected chi connectivity index (χ0v) is 7.77. The molecule has 0 saturated carbocycles. The fourth-order valence-electron chi connectivity index (χ4n) is 0.735. The van der Waals surface area contributed by atoms with Gasteiger partial charge in [0, 0.05) is 0 Å². The van der Waals surface area contributed by atoms with Crippen LogP contribution in [-0.2, 0) is 9.59 Å². The molecule has 0 spiro atoms. The van der Waals surface area contributed by atoms with E-state index in [4.69, 9.17) is 0 Å². The molecule has 2 heteroatoms. The monoisotopic (exact) mass is 178 g/mol. The summed E-state index contributed by atoms with van der Waals surface area (Å²) in [4.78, 5) is 20.4. The first-order chi connectivity index (χ1) is 6.24. The van der Waals surface area contributed by atoms with Crippen molar-refractivity contribution >= 4 is 12.6 Å². The molecule has 0 heterocycles. The van der Waals surface area contributed by atoms with Crippen molar-refractivity contribution in [1.82, 2.24) is 0 Å². The maximum Gasteiger partial charge on any atom is 0.130 e. The molecule has 0 aliphatic rings. The van der Waals surface area contributed by atoms with Gasteiger partial charge in [0.05, 0.1) is 5.92 Å². The number of aldehydes is 2. The normalized spacial score (nSPS) is 8.92. The molecule has 2 nitrogen and oxygen atoms in total. The van der Waals surface area contributed by atoms with Crippen molar-refractivity contribution in [2.24, 2.45) is 5.92 Å². The highest BCUT2D eigenvalue weighted by Crippen LogP contribution is 2.06. The summed E-state index contributed by atoms with van der Waals surface area (Å²) in [7, 11) is 0. The average molecular weight is 178 g/mol. The Balaban J connectivity index is 0. The number of hydrogen-bond acceptors (Lipinski definition) is 2. The van der Waals surface area contributed by atoms with E-state index in [0.717, 1.165) is 5.57 Å². The first kappa shape index (κ1) is 13.9. The minimum Gasteiger partial charge on any atom is -0.303 e. The minimum atomic E-state index is -0.529. The zero-order chi connectivity index (χ0) is 10.7. The van der Waals surface area contributed by atoms with Crippen LogP contribution in [0.4, 0.5) is 0 Å². The van der Waals surface area contributed by atoms with E-state index in [1.807, 2.05) is 13.0 Å². The lowest BCUT2D eigenvalue weighted by molar-refractivity contribution is -0.119. The molecule has 0 aliphatic heterocycles. The van der Waals surface area contributed by atoms with Gasteiger partial charge in [-0.25, -0.2) is 0 Å². The molecule has 0 aliphatic carbocycles. The van der Waals surface area contributed by atoms with E-state index < -0.39 is 5.92 Å². The molecular formula is C11H14O2. The highest BCUT2D eigenvalue weighted by molar-refractivity contribution is 5.77. The van der Waals surface area contributed by atoms with E-state index in [0.29, 0.717) is 19.0 Å². The molecule has 0 amide bonds. The molecule has 0 rings (SSSR count). The fraction of sp³-hybridized carbons (Fsp3) is 0.273. The Bertz CT molecular complexity index is 203. The van der Waals surface area contributed by atoms with Crippen LogP contribution in [0, 0.1) is 18.8 Å². The summed E-state index contributed by atoms with van der Waals surface area (Å²) in [5, 5.41) is 0. The summed E-state index contributed by atoms with van der Waals surface area (Å²) >= 11 is 0. The number of allylic oxidation sites excluding steroid dienone is 3. The molecule has 0 fully saturated rings. The first-order valence-electron chi connectivity index (χ1n) is 3.79. The molecule has 0 N–H and O–H groups in total. The van der Waals surface area contributed by atoms with Crippen molar-refractivity contribution < 1.29 is 9.59 Å². The predicted octanol–water partition coefficient (Wildman–Crippen LogP) is 1.77. The van der Waals surface area contributed by atoms with Crippen LogP contribution in [0.25, 0.3) is 0 Å². The largest absolute Gasteiger partial charge is 0.303 e. The predicted molar refractivity (Wildman–Crippen MR) is 54.1 cm³/mol. The van der Waals surface area contributed by atoms with Gasteiger partial charge in [-0.15, -0.1) is 12.8 Å². The van der Waals surface area contributed by atoms with Gasteiger partial charge >= 0.3 is 0 Å². The van der Waals surface area contributed by atoms with Crippen LogP contribution in [0.3, 0.4) is 0 Å². The van der Waals surface area contributed by atoms with E-state index >= 15 is 0 Å². The number of carbonyl (C=O) groups excluding carboxylic acids is 2. The summed E-state index contributed by atoms with van der Waals surface area (Å²) in [5.74, 6) is -0.529. The average Bonchev–Trinajstić information content (AvgIpc) is 2.18. The fourth-order valence-corrected chi connectivity index (χ4v) is 0.735. The van der Waals surface area contributed by atoms with Crippen molar-refractivity contribution in [3.8, 4) is 12.8 Å². The van der Waals surface area contributed by atoms with Crippen LogP contribution in [0.1, 0.15) is 13.3 Å². The molecule has 0 aromatic heterocycles. The smallest absolute Gasteiger partial charge is 0.130 e. The molecule has 0 saturated heterocycles. The van der Waals surface area contributed by atoms with Crippen LogP contribution in [0.5, 0.6) is 0 Å². The van der Waals surface area contributed by atoms with Gasteiger partial charge in [0.1, 0.15) is 12.6 Å². The van der Waals surface area contributed by atoms with Crippen molar-refractivity contribution in [1.29, 1.82) is 0 Å². The van der Waals surface area contributed by atoms with E-state index in [9.17, 15) is 9.59 Å². The topological polar surface area (TPSA) is 34.1 Å². The number of rotatable bonds is 5. The van der Waals surface area contributed by atoms with Crippen molar-refractivity contribution in [3.63, 3.8) is 0 Å². The Kier molecular flexibility index (Phi) is 11.1. The minimum absolute atomic E-state index is 0.428. The zero-order valence-electron chi connectivity index (χ0n) is 7.77. The SMILES string of the molecule is C#C.C=C(/C=C\C)CC(C=O)C=O. The summed E-state index contributed by atoms with van der Waals surface area (Å²) in [6.45, 7) is 5.54. The molecule has 0 atom stereocenters. The number of hydrogen-bond donors (Lipinski definition) is 0. The summed E-state index contributed by atoms with van der Waals surface area (Å²) in [5.41, 5.74) is 0.803. The third-order valence-electron chi connectivity index (χ3n) is 1.25. The van der Waals surface area contributed by atoms with Gasteiger partial charge in [-0.05, 0) is 13.3 Å². The number of terminal acetylenes is 1. The lowest BCUT2D eigenvalue weighted by atomic mass is 10.0. The van der Waals surface area contributed by atoms with Crippen LogP contribution in [0.15, 0.2) is 24.3 Å². The summed E-state index contributed by atoms with van der Waals surface area (Å²) in [6.07, 6.45) is 13.3. The van der Waals surface area contributed by atoms with Crippen LogP contribution < -0.4 is 0 Å². The second-order valence-electron chi connectivity index (χ2n) is 2.30. The van der Waals surface area contributed by atoms with Gasteiger partial charge in [-0.3, -0.25) is 0 Å². The highest BCUT2D eigenvalue weighted by Gasteiger charge is 2.04. The maximum atomic E-state index is 10.2. The first-order valence-corrected chi connectivity index (χ1v) is 3.79. The van der Waals surface area contributed by atoms with Gasteiger partial charge in [0.2, 0.25) is 0 Å². The highest BCUT2D eigenvalue weighted by atomic mass is 16.1. The second-order valence-corrected chi connectivity index (χ2v) is 2.30. The van der Waals surface area contributed by atoms with Crippen LogP contribution in [-0.4, -0.2) is 12.6 Å². The van der Waals surface area contributed by atoms with E-state index in [1.165, 1.54) is 0 Å². The molecule has 0 bridgehead atoms. The Morgan fingerprint density at radius 1 is 1.38 bits per heavy atom. The van der Waals surface area contributed by atoms with Crippen LogP contribution in [0.2, 0.25) is 0 Å². The molecule has 0 aromatic rings. The molecule has 13 heavy (non-hydrogen) atoms. The van der Waals surface area contributed by atoms with E-state index in [2.05, 4.69) is 19.4 Å². The second kappa shape index (κ2) is 10.4. The van der Waals surface area contributed by atoms with Gasteiger partial charge in [0.25, 0.3) is 0 Å². The molecule has 0 aromatic carbocycles. The quantitative estimate of drug-likeness (QED) is 0.278. The van der Waals surface area contributed by atoms with E-state index in [1.54, 1.807) is 6.08 Å². The van der Waals surface area contributed by atoms with Gasteiger partial charge in [-0.1, -0.05) is 24.3 Å². The maximum absolute atomic E-state index is 10.2. The van der Waals surface area contributed by atoms with E-state index in [-0.39, 0.29) is 0 Å². The Labute approximate surface area is 79.3 Å². The van der Waals surface area contributed by atoms with Crippen molar-refractivity contribution in [3.05, 3.63) is 24.3 Å². The third kappa shape index (κ3) is 8.28.